The third kappa shape index (κ3) is 4.00. The Morgan fingerprint density at radius 3 is 2.62 bits per heavy atom. The van der Waals surface area contributed by atoms with Crippen molar-refractivity contribution in [3.8, 4) is 0 Å². The van der Waals surface area contributed by atoms with Crippen molar-refractivity contribution in [2.75, 3.05) is 25.0 Å². The van der Waals surface area contributed by atoms with Gasteiger partial charge in [-0.2, -0.15) is 4.98 Å². The Morgan fingerprint density at radius 2 is 2.00 bits per heavy atom. The molecule has 3 rings (SSSR count). The molecule has 2 aromatic heterocycles. The largest absolute Gasteiger partial charge is 0.341 e. The van der Waals surface area contributed by atoms with E-state index in [1.807, 2.05) is 20.8 Å². The number of anilines is 1. The average molecular weight is 358 g/mol. The van der Waals surface area contributed by atoms with Crippen LogP contribution >= 0.6 is 0 Å². The maximum absolute atomic E-state index is 12.7. The molecule has 2 aromatic rings. The lowest BCUT2D eigenvalue weighted by Gasteiger charge is -2.27. The van der Waals surface area contributed by atoms with Gasteiger partial charge in [0, 0.05) is 32.3 Å². The van der Waals surface area contributed by atoms with Crippen LogP contribution in [0.25, 0.3) is 0 Å². The number of carbonyl (C=O) groups is 1. The van der Waals surface area contributed by atoms with E-state index in [1.54, 1.807) is 18.1 Å². The first-order chi connectivity index (χ1) is 12.5. The second kappa shape index (κ2) is 7.80. The van der Waals surface area contributed by atoms with E-state index in [1.165, 1.54) is 6.42 Å². The molecule has 3 heterocycles. The summed E-state index contributed by atoms with van der Waals surface area (Å²) in [5, 5.41) is 3.93. The first-order valence-corrected chi connectivity index (χ1v) is 9.12. The Bertz CT molecular complexity index is 767. The Labute approximate surface area is 153 Å². The number of nitrogens with zero attached hydrogens (tertiary/aromatic N) is 6. The molecule has 0 aliphatic carbocycles. The predicted molar refractivity (Wildman–Crippen MR) is 97.0 cm³/mol. The molecular weight excluding hydrogens is 332 g/mol. The summed E-state index contributed by atoms with van der Waals surface area (Å²) >= 11 is 0. The van der Waals surface area contributed by atoms with Crippen LogP contribution < -0.4 is 4.90 Å². The van der Waals surface area contributed by atoms with Crippen LogP contribution in [0.3, 0.4) is 0 Å². The summed E-state index contributed by atoms with van der Waals surface area (Å²) in [4.78, 5) is 29.8. The molecule has 0 radical (unpaired) electrons. The fourth-order valence-corrected chi connectivity index (χ4v) is 2.97. The Morgan fingerprint density at radius 1 is 1.27 bits per heavy atom. The fourth-order valence-electron chi connectivity index (χ4n) is 2.97. The van der Waals surface area contributed by atoms with E-state index in [4.69, 9.17) is 4.52 Å². The van der Waals surface area contributed by atoms with Gasteiger partial charge >= 0.3 is 0 Å². The zero-order valence-corrected chi connectivity index (χ0v) is 15.9. The summed E-state index contributed by atoms with van der Waals surface area (Å²) in [6.45, 7) is 8.04. The molecule has 0 aromatic carbocycles. The van der Waals surface area contributed by atoms with Gasteiger partial charge < -0.3 is 14.3 Å². The normalized spacial score (nSPS) is 14.7. The number of amides is 1. The summed E-state index contributed by atoms with van der Waals surface area (Å²) in [7, 11) is 1.71. The zero-order chi connectivity index (χ0) is 18.7. The van der Waals surface area contributed by atoms with E-state index in [-0.39, 0.29) is 18.4 Å². The minimum absolute atomic E-state index is 0.149. The molecule has 1 aliphatic heterocycles. The maximum atomic E-state index is 12.7. The lowest BCUT2D eigenvalue weighted by Crippen LogP contribution is -2.32. The number of carbonyl (C=O) groups excluding carboxylic acids is 1. The fraction of sp³-hybridized carbons (Fsp3) is 0.611. The topological polar surface area (TPSA) is 88.3 Å². The van der Waals surface area contributed by atoms with Crippen molar-refractivity contribution in [2.24, 2.45) is 0 Å². The van der Waals surface area contributed by atoms with Crippen molar-refractivity contribution in [1.82, 2.24) is 25.0 Å². The van der Waals surface area contributed by atoms with Crippen LogP contribution in [0, 0.1) is 6.92 Å². The molecule has 1 aliphatic rings. The first-order valence-electron chi connectivity index (χ1n) is 9.12. The van der Waals surface area contributed by atoms with Gasteiger partial charge in [-0.25, -0.2) is 9.97 Å². The monoisotopic (exact) mass is 358 g/mol. The van der Waals surface area contributed by atoms with Gasteiger partial charge in [0.1, 0.15) is 0 Å². The van der Waals surface area contributed by atoms with Gasteiger partial charge in [-0.1, -0.05) is 19.0 Å². The highest BCUT2D eigenvalue weighted by atomic mass is 16.5. The molecule has 26 heavy (non-hydrogen) atoms. The molecule has 0 atom stereocenters. The molecule has 0 unspecified atom stereocenters. The number of hydrogen-bond acceptors (Lipinski definition) is 7. The Hall–Kier alpha value is -2.51. The van der Waals surface area contributed by atoms with E-state index >= 15 is 0 Å². The van der Waals surface area contributed by atoms with Crippen molar-refractivity contribution in [3.63, 3.8) is 0 Å². The molecule has 0 bridgehead atoms. The van der Waals surface area contributed by atoms with Crippen molar-refractivity contribution >= 4 is 11.9 Å². The van der Waals surface area contributed by atoms with Gasteiger partial charge in [0.25, 0.3) is 5.91 Å². The number of aromatic nitrogens is 4. The van der Waals surface area contributed by atoms with Gasteiger partial charge in [0.15, 0.2) is 5.82 Å². The molecule has 0 N–H and O–H groups in total. The second-order valence-electron chi connectivity index (χ2n) is 7.08. The summed E-state index contributed by atoms with van der Waals surface area (Å²) in [5.74, 6) is 1.79. The summed E-state index contributed by atoms with van der Waals surface area (Å²) in [5.41, 5.74) is 1.19. The lowest BCUT2D eigenvalue weighted by atomic mass is 10.1. The lowest BCUT2D eigenvalue weighted by molar-refractivity contribution is 0.0779. The first kappa shape index (κ1) is 18.3. The van der Waals surface area contributed by atoms with Gasteiger partial charge in [0.2, 0.25) is 11.8 Å². The molecule has 1 amide bonds. The summed E-state index contributed by atoms with van der Waals surface area (Å²) in [6, 6.07) is 0. The van der Waals surface area contributed by atoms with Gasteiger partial charge in [-0.05, 0) is 26.2 Å². The molecular formula is C18H26N6O2. The Kier molecular flexibility index (Phi) is 5.49. The van der Waals surface area contributed by atoms with E-state index in [0.29, 0.717) is 28.9 Å². The minimum Gasteiger partial charge on any atom is -0.341 e. The molecule has 0 spiro atoms. The van der Waals surface area contributed by atoms with E-state index < -0.39 is 0 Å². The number of rotatable bonds is 5. The van der Waals surface area contributed by atoms with Crippen molar-refractivity contribution in [1.29, 1.82) is 0 Å². The highest BCUT2D eigenvalue weighted by Crippen LogP contribution is 2.18. The van der Waals surface area contributed by atoms with Crippen LogP contribution in [-0.4, -0.2) is 51.1 Å². The highest BCUT2D eigenvalue weighted by molar-refractivity contribution is 5.94. The van der Waals surface area contributed by atoms with Gasteiger partial charge in [-0.15, -0.1) is 0 Å². The van der Waals surface area contributed by atoms with Gasteiger partial charge in [-0.3, -0.25) is 4.79 Å². The Balaban J connectivity index is 1.69. The molecule has 0 saturated carbocycles. The van der Waals surface area contributed by atoms with Crippen molar-refractivity contribution < 1.29 is 9.32 Å². The molecule has 140 valence electrons. The zero-order valence-electron chi connectivity index (χ0n) is 15.9. The number of hydrogen-bond donors (Lipinski definition) is 0. The molecule has 1 fully saturated rings. The SMILES string of the molecule is Cc1nc(N2CCCCC2)ncc1C(=O)N(C)Cc1noc(C(C)C)n1. The number of piperidine rings is 1. The smallest absolute Gasteiger partial charge is 0.257 e. The molecule has 8 heteroatoms. The third-order valence-corrected chi connectivity index (χ3v) is 4.54. The van der Waals surface area contributed by atoms with Crippen LogP contribution in [0.2, 0.25) is 0 Å². The van der Waals surface area contributed by atoms with E-state index in [9.17, 15) is 4.79 Å². The quantitative estimate of drug-likeness (QED) is 0.811. The molecule has 8 nitrogen and oxygen atoms in total. The molecule has 1 saturated heterocycles. The maximum Gasteiger partial charge on any atom is 0.257 e. The van der Waals surface area contributed by atoms with Crippen LogP contribution in [0.1, 0.15) is 66.8 Å². The summed E-state index contributed by atoms with van der Waals surface area (Å²) < 4.78 is 5.19. The average Bonchev–Trinajstić information content (AvgIpc) is 3.10. The van der Waals surface area contributed by atoms with Gasteiger partial charge in [0.05, 0.1) is 17.8 Å². The van der Waals surface area contributed by atoms with Crippen LogP contribution in [0.15, 0.2) is 10.7 Å². The van der Waals surface area contributed by atoms with Crippen LogP contribution in [-0.2, 0) is 6.54 Å². The van der Waals surface area contributed by atoms with Crippen LogP contribution in [0.5, 0.6) is 0 Å². The van der Waals surface area contributed by atoms with Crippen molar-refractivity contribution in [2.45, 2.75) is 52.5 Å². The highest BCUT2D eigenvalue weighted by Gasteiger charge is 2.21. The third-order valence-electron chi connectivity index (χ3n) is 4.54. The standard InChI is InChI=1S/C18H26N6O2/c1-12(2)16-21-15(22-26-16)11-23(4)17(25)14-10-19-18(20-13(14)3)24-8-6-5-7-9-24/h10,12H,5-9,11H2,1-4H3. The summed E-state index contributed by atoms with van der Waals surface area (Å²) in [6.07, 6.45) is 5.20. The van der Waals surface area contributed by atoms with Crippen molar-refractivity contribution in [3.05, 3.63) is 29.2 Å². The predicted octanol–water partition coefficient (Wildman–Crippen LogP) is 2.55. The minimum atomic E-state index is -0.149. The van der Waals surface area contributed by atoms with E-state index in [0.717, 1.165) is 25.9 Å². The van der Waals surface area contributed by atoms with Crippen LogP contribution in [0.4, 0.5) is 5.95 Å². The number of aryl methyl sites for hydroxylation is 1. The van der Waals surface area contributed by atoms with E-state index in [2.05, 4.69) is 25.0 Å². The second-order valence-corrected chi connectivity index (χ2v) is 7.08.